The molecule has 2 heterocycles. The van der Waals surface area contributed by atoms with Crippen LogP contribution >= 0.6 is 11.3 Å². The number of aromatic nitrogens is 2. The fraction of sp³-hybridized carbons (Fsp3) is 0.625. The van der Waals surface area contributed by atoms with Gasteiger partial charge in [-0.25, -0.2) is 4.98 Å². The van der Waals surface area contributed by atoms with Crippen LogP contribution in [-0.4, -0.2) is 33.0 Å². The van der Waals surface area contributed by atoms with Gasteiger partial charge in [0.05, 0.1) is 11.8 Å². The minimum atomic E-state index is -0.393. The molecule has 22 heavy (non-hydrogen) atoms. The van der Waals surface area contributed by atoms with E-state index in [-0.39, 0.29) is 5.91 Å². The van der Waals surface area contributed by atoms with E-state index in [1.807, 2.05) is 13.1 Å². The summed E-state index contributed by atoms with van der Waals surface area (Å²) in [4.78, 5) is 17.3. The Hall–Kier alpha value is -1.40. The second-order valence-corrected chi connectivity index (χ2v) is 7.01. The van der Waals surface area contributed by atoms with E-state index in [1.54, 1.807) is 11.3 Å². The molecule has 1 atom stereocenters. The predicted molar refractivity (Wildman–Crippen MR) is 87.1 cm³/mol. The molecule has 3 rings (SSSR count). The zero-order valence-corrected chi connectivity index (χ0v) is 13.7. The minimum absolute atomic E-state index is 0.00762. The van der Waals surface area contributed by atoms with Crippen LogP contribution in [0.2, 0.25) is 0 Å². The molecular weight excluding hydrogens is 298 g/mol. The first-order chi connectivity index (χ1) is 10.6. The molecule has 1 aliphatic rings. The van der Waals surface area contributed by atoms with Crippen molar-refractivity contribution in [2.24, 2.45) is 5.92 Å². The fourth-order valence-electron chi connectivity index (χ4n) is 3.18. The van der Waals surface area contributed by atoms with Crippen molar-refractivity contribution in [3.8, 4) is 0 Å². The van der Waals surface area contributed by atoms with Crippen LogP contribution in [0.5, 0.6) is 0 Å². The standard InChI is InChI=1S/C16H23N3O2S/c1-11-9-19-13(10-22-16(19)18-11)6-7-15(21)17-8-14(20)12-4-2-3-5-12/h9-10,12,14,20H,2-8H2,1H3,(H,17,21). The number of hydrogen-bond acceptors (Lipinski definition) is 4. The van der Waals surface area contributed by atoms with E-state index < -0.39 is 6.10 Å². The van der Waals surface area contributed by atoms with Gasteiger partial charge in [-0.15, -0.1) is 11.3 Å². The highest BCUT2D eigenvalue weighted by molar-refractivity contribution is 7.15. The van der Waals surface area contributed by atoms with Crippen molar-refractivity contribution in [2.45, 2.75) is 51.6 Å². The van der Waals surface area contributed by atoms with Gasteiger partial charge < -0.3 is 10.4 Å². The van der Waals surface area contributed by atoms with Crippen molar-refractivity contribution in [1.82, 2.24) is 14.7 Å². The Kier molecular flexibility index (Phi) is 4.78. The summed E-state index contributed by atoms with van der Waals surface area (Å²) in [6.07, 6.45) is 7.33. The number of carbonyl (C=O) groups excluding carboxylic acids is 1. The first kappa shape index (κ1) is 15.5. The van der Waals surface area contributed by atoms with E-state index >= 15 is 0 Å². The third-order valence-electron chi connectivity index (χ3n) is 4.46. The zero-order chi connectivity index (χ0) is 15.5. The van der Waals surface area contributed by atoms with E-state index in [0.717, 1.165) is 29.2 Å². The highest BCUT2D eigenvalue weighted by Gasteiger charge is 2.23. The average Bonchev–Trinajstić information content (AvgIpc) is 3.19. The molecule has 1 saturated carbocycles. The van der Waals surface area contributed by atoms with Crippen LogP contribution in [0.1, 0.15) is 43.5 Å². The summed E-state index contributed by atoms with van der Waals surface area (Å²) in [7, 11) is 0. The molecule has 0 aromatic carbocycles. The Morgan fingerprint density at radius 1 is 1.55 bits per heavy atom. The lowest BCUT2D eigenvalue weighted by Crippen LogP contribution is -2.35. The van der Waals surface area contributed by atoms with E-state index in [2.05, 4.69) is 20.1 Å². The lowest BCUT2D eigenvalue weighted by atomic mass is 10.0. The van der Waals surface area contributed by atoms with Crippen molar-refractivity contribution in [3.63, 3.8) is 0 Å². The van der Waals surface area contributed by atoms with Crippen molar-refractivity contribution in [1.29, 1.82) is 0 Å². The van der Waals surface area contributed by atoms with Crippen LogP contribution in [-0.2, 0) is 11.2 Å². The molecule has 2 aromatic heterocycles. The second kappa shape index (κ2) is 6.79. The molecule has 0 aliphatic heterocycles. The molecule has 1 unspecified atom stereocenters. The SMILES string of the molecule is Cc1cn2c(CCC(=O)NCC(O)C3CCCC3)csc2n1. The molecule has 1 amide bonds. The lowest BCUT2D eigenvalue weighted by Gasteiger charge is -2.17. The molecule has 6 heteroatoms. The molecule has 1 aliphatic carbocycles. The molecule has 0 saturated heterocycles. The van der Waals surface area contributed by atoms with Crippen LogP contribution in [0.15, 0.2) is 11.6 Å². The number of hydrogen-bond donors (Lipinski definition) is 2. The second-order valence-electron chi connectivity index (χ2n) is 6.18. The van der Waals surface area contributed by atoms with Gasteiger partial charge in [0, 0.05) is 30.2 Å². The number of imidazole rings is 1. The Bertz CT molecular complexity index is 643. The van der Waals surface area contributed by atoms with Crippen LogP contribution in [0, 0.1) is 12.8 Å². The van der Waals surface area contributed by atoms with Crippen LogP contribution in [0.4, 0.5) is 0 Å². The summed E-state index contributed by atoms with van der Waals surface area (Å²) in [5, 5.41) is 15.0. The summed E-state index contributed by atoms with van der Waals surface area (Å²) in [6.45, 7) is 2.35. The van der Waals surface area contributed by atoms with Gasteiger partial charge in [-0.2, -0.15) is 0 Å². The zero-order valence-electron chi connectivity index (χ0n) is 12.9. The van der Waals surface area contributed by atoms with Gasteiger partial charge in [-0.1, -0.05) is 12.8 Å². The molecule has 5 nitrogen and oxygen atoms in total. The van der Waals surface area contributed by atoms with Crippen molar-refractivity contribution in [3.05, 3.63) is 23.0 Å². The number of rotatable bonds is 6. The molecule has 0 radical (unpaired) electrons. The normalized spacial score (nSPS) is 17.2. The van der Waals surface area contributed by atoms with Gasteiger partial charge in [0.15, 0.2) is 4.96 Å². The minimum Gasteiger partial charge on any atom is -0.391 e. The number of aliphatic hydroxyl groups is 1. The molecule has 1 fully saturated rings. The first-order valence-electron chi connectivity index (χ1n) is 8.00. The van der Waals surface area contributed by atoms with Gasteiger partial charge in [0.1, 0.15) is 0 Å². The van der Waals surface area contributed by atoms with Gasteiger partial charge in [0.25, 0.3) is 0 Å². The largest absolute Gasteiger partial charge is 0.391 e. The smallest absolute Gasteiger partial charge is 0.220 e. The number of amides is 1. The lowest BCUT2D eigenvalue weighted by molar-refractivity contribution is -0.121. The summed E-state index contributed by atoms with van der Waals surface area (Å²) >= 11 is 1.60. The molecule has 120 valence electrons. The summed E-state index contributed by atoms with van der Waals surface area (Å²) < 4.78 is 2.06. The molecular formula is C16H23N3O2S. The third kappa shape index (κ3) is 3.50. The maximum absolute atomic E-state index is 12.0. The van der Waals surface area contributed by atoms with Crippen molar-refractivity contribution >= 4 is 22.2 Å². The summed E-state index contributed by atoms with van der Waals surface area (Å²) in [5.74, 6) is 0.374. The van der Waals surface area contributed by atoms with Gasteiger partial charge in [-0.05, 0) is 32.1 Å². The van der Waals surface area contributed by atoms with Gasteiger partial charge in [-0.3, -0.25) is 9.20 Å². The van der Waals surface area contributed by atoms with E-state index in [9.17, 15) is 9.90 Å². The molecule has 0 spiro atoms. The molecule has 2 aromatic rings. The number of fused-ring (bicyclic) bond motifs is 1. The monoisotopic (exact) mass is 321 g/mol. The van der Waals surface area contributed by atoms with Crippen LogP contribution in [0.3, 0.4) is 0 Å². The molecule has 2 N–H and O–H groups in total. The third-order valence-corrected chi connectivity index (χ3v) is 5.35. The van der Waals surface area contributed by atoms with E-state index in [1.165, 1.54) is 12.8 Å². The quantitative estimate of drug-likeness (QED) is 0.858. The maximum atomic E-state index is 12.0. The number of aliphatic hydroxyl groups excluding tert-OH is 1. The Morgan fingerprint density at radius 3 is 3.09 bits per heavy atom. The van der Waals surface area contributed by atoms with Crippen molar-refractivity contribution < 1.29 is 9.90 Å². The Balaban J connectivity index is 1.45. The highest BCUT2D eigenvalue weighted by Crippen LogP contribution is 2.27. The van der Waals surface area contributed by atoms with Crippen LogP contribution < -0.4 is 5.32 Å². The van der Waals surface area contributed by atoms with Crippen molar-refractivity contribution in [2.75, 3.05) is 6.54 Å². The number of thiazole rings is 1. The highest BCUT2D eigenvalue weighted by atomic mass is 32.1. The van der Waals surface area contributed by atoms with Gasteiger partial charge >= 0.3 is 0 Å². The number of nitrogens with one attached hydrogen (secondary N) is 1. The van der Waals surface area contributed by atoms with E-state index in [0.29, 0.717) is 25.3 Å². The number of nitrogens with zero attached hydrogens (tertiary/aromatic N) is 2. The Morgan fingerprint density at radius 2 is 2.32 bits per heavy atom. The van der Waals surface area contributed by atoms with Crippen LogP contribution in [0.25, 0.3) is 4.96 Å². The summed E-state index contributed by atoms with van der Waals surface area (Å²) in [6, 6.07) is 0. The first-order valence-corrected chi connectivity index (χ1v) is 8.88. The Labute approximate surface area is 134 Å². The number of carbonyl (C=O) groups is 1. The maximum Gasteiger partial charge on any atom is 0.220 e. The van der Waals surface area contributed by atoms with Gasteiger partial charge in [0.2, 0.25) is 5.91 Å². The predicted octanol–water partition coefficient (Wildman–Crippen LogP) is 2.30. The molecule has 0 bridgehead atoms. The number of aryl methyl sites for hydroxylation is 2. The van der Waals surface area contributed by atoms with E-state index in [4.69, 9.17) is 0 Å². The average molecular weight is 321 g/mol. The topological polar surface area (TPSA) is 66.6 Å². The summed E-state index contributed by atoms with van der Waals surface area (Å²) in [5.41, 5.74) is 2.12. The fourth-order valence-corrected chi connectivity index (χ4v) is 4.13.